The van der Waals surface area contributed by atoms with Crippen molar-refractivity contribution in [1.29, 1.82) is 0 Å². The Hall–Kier alpha value is -2.21. The number of phenolic OH excluding ortho intramolecular Hbond substituents is 2. The minimum absolute atomic E-state index is 0.115. The van der Waals surface area contributed by atoms with Crippen LogP contribution in [0.4, 0.5) is 5.00 Å². The van der Waals surface area contributed by atoms with Crippen LogP contribution < -0.4 is 10.6 Å². The molecule has 21 heavy (non-hydrogen) atoms. The van der Waals surface area contributed by atoms with Gasteiger partial charge in [0, 0.05) is 10.4 Å². The van der Waals surface area contributed by atoms with E-state index in [1.54, 1.807) is 23.5 Å². The number of anilines is 1. The van der Waals surface area contributed by atoms with Crippen LogP contribution in [-0.4, -0.2) is 16.1 Å². The van der Waals surface area contributed by atoms with Gasteiger partial charge >= 0.3 is 0 Å². The fourth-order valence-electron chi connectivity index (χ4n) is 3.05. The van der Waals surface area contributed by atoms with Crippen LogP contribution in [0.5, 0.6) is 11.5 Å². The van der Waals surface area contributed by atoms with Gasteiger partial charge in [0.25, 0.3) is 5.91 Å². The third-order valence-corrected chi connectivity index (χ3v) is 5.28. The molecule has 2 aromatic rings. The summed E-state index contributed by atoms with van der Waals surface area (Å²) in [5.74, 6) is -0.512. The zero-order chi connectivity index (χ0) is 14.6. The minimum atomic E-state index is -0.532. The quantitative estimate of drug-likeness (QED) is 0.610. The maximum atomic E-state index is 12.4. The summed E-state index contributed by atoms with van der Waals surface area (Å²) < 4.78 is 0. The highest BCUT2D eigenvalue weighted by molar-refractivity contribution is 7.16. The molecule has 1 aromatic heterocycles. The van der Waals surface area contributed by atoms with Crippen molar-refractivity contribution in [2.45, 2.75) is 25.4 Å². The van der Waals surface area contributed by atoms with Gasteiger partial charge in [0.2, 0.25) is 0 Å². The Morgan fingerprint density at radius 1 is 1.19 bits per heavy atom. The van der Waals surface area contributed by atoms with E-state index in [1.165, 1.54) is 16.5 Å². The summed E-state index contributed by atoms with van der Waals surface area (Å²) in [7, 11) is 0. The summed E-state index contributed by atoms with van der Waals surface area (Å²) in [5.41, 5.74) is 2.38. The molecule has 108 valence electrons. The summed E-state index contributed by atoms with van der Waals surface area (Å²) in [6.07, 6.45) is 2.57. The van der Waals surface area contributed by atoms with Crippen LogP contribution in [-0.2, 0) is 12.8 Å². The van der Waals surface area contributed by atoms with Gasteiger partial charge < -0.3 is 20.8 Å². The summed E-state index contributed by atoms with van der Waals surface area (Å²) in [4.78, 5) is 13.7. The molecule has 1 amide bonds. The van der Waals surface area contributed by atoms with Crippen LogP contribution in [0, 0.1) is 0 Å². The second kappa shape index (κ2) is 4.39. The van der Waals surface area contributed by atoms with E-state index in [-0.39, 0.29) is 17.4 Å². The zero-order valence-corrected chi connectivity index (χ0v) is 12.0. The highest BCUT2D eigenvalue weighted by Crippen LogP contribution is 2.43. The van der Waals surface area contributed by atoms with Gasteiger partial charge in [-0.15, -0.1) is 11.3 Å². The molecular formula is C15H14N2O3S. The van der Waals surface area contributed by atoms with Gasteiger partial charge in [0.15, 0.2) is 11.5 Å². The smallest absolute Gasteiger partial charge is 0.256 e. The summed E-state index contributed by atoms with van der Waals surface area (Å²) in [6, 6.07) is 4.73. The molecule has 6 heteroatoms. The van der Waals surface area contributed by atoms with Crippen molar-refractivity contribution in [2.75, 3.05) is 5.32 Å². The number of para-hydroxylation sites is 1. The molecule has 0 bridgehead atoms. The first-order chi connectivity index (χ1) is 10.1. The monoisotopic (exact) mass is 302 g/mol. The van der Waals surface area contributed by atoms with Gasteiger partial charge in [0.05, 0.1) is 5.56 Å². The van der Waals surface area contributed by atoms with Crippen LogP contribution in [0.1, 0.15) is 38.9 Å². The number of thiophene rings is 1. The molecule has 0 fully saturated rings. The van der Waals surface area contributed by atoms with Gasteiger partial charge in [0.1, 0.15) is 11.2 Å². The molecule has 0 radical (unpaired) electrons. The lowest BCUT2D eigenvalue weighted by Crippen LogP contribution is -2.38. The number of aryl methyl sites for hydroxylation is 1. The first kappa shape index (κ1) is 12.5. The van der Waals surface area contributed by atoms with Gasteiger partial charge in [-0.1, -0.05) is 12.1 Å². The highest BCUT2D eigenvalue weighted by atomic mass is 32.1. The number of amides is 1. The second-order valence-corrected chi connectivity index (χ2v) is 6.43. The lowest BCUT2D eigenvalue weighted by molar-refractivity contribution is 0.0935. The van der Waals surface area contributed by atoms with Crippen LogP contribution >= 0.6 is 11.3 Å². The minimum Gasteiger partial charge on any atom is -0.504 e. The zero-order valence-electron chi connectivity index (χ0n) is 11.1. The van der Waals surface area contributed by atoms with Crippen molar-refractivity contribution >= 4 is 22.2 Å². The molecule has 1 aliphatic heterocycles. The van der Waals surface area contributed by atoms with Gasteiger partial charge in [-0.05, 0) is 30.9 Å². The number of fused-ring (bicyclic) bond motifs is 3. The van der Waals surface area contributed by atoms with Crippen LogP contribution in [0.25, 0.3) is 0 Å². The molecule has 4 rings (SSSR count). The van der Waals surface area contributed by atoms with Crippen LogP contribution in [0.3, 0.4) is 0 Å². The Labute approximate surface area is 125 Å². The average molecular weight is 302 g/mol. The lowest BCUT2D eigenvalue weighted by atomic mass is 10.1. The Morgan fingerprint density at radius 2 is 2.05 bits per heavy atom. The molecule has 2 aliphatic rings. The first-order valence-electron chi connectivity index (χ1n) is 6.88. The molecule has 0 saturated carbocycles. The van der Waals surface area contributed by atoms with Crippen molar-refractivity contribution in [2.24, 2.45) is 0 Å². The molecule has 0 saturated heterocycles. The lowest BCUT2D eigenvalue weighted by Gasteiger charge is -2.27. The number of hydrogen-bond donors (Lipinski definition) is 4. The molecule has 1 aromatic carbocycles. The number of carbonyl (C=O) groups is 1. The van der Waals surface area contributed by atoms with Crippen molar-refractivity contribution in [1.82, 2.24) is 5.32 Å². The summed E-state index contributed by atoms with van der Waals surface area (Å²) >= 11 is 1.62. The molecule has 2 heterocycles. The highest BCUT2D eigenvalue weighted by Gasteiger charge is 2.33. The molecule has 5 nitrogen and oxygen atoms in total. The number of benzene rings is 1. The standard InChI is InChI=1S/C15H14N2O3S/c18-9-5-1-4-8(12(9)19)13-16-14(20)11-7-3-2-6-10(7)21-15(11)17-13/h1,4-5,13,17-19H,2-3,6H2,(H,16,20)/t13-/m0/s1. The third kappa shape index (κ3) is 1.79. The predicted octanol–water partition coefficient (Wildman–Crippen LogP) is 2.50. The van der Waals surface area contributed by atoms with E-state index in [4.69, 9.17) is 0 Å². The summed E-state index contributed by atoms with van der Waals surface area (Å²) in [5, 5.41) is 26.5. The fourth-order valence-corrected chi connectivity index (χ4v) is 4.37. The van der Waals surface area contributed by atoms with Crippen molar-refractivity contribution in [3.05, 3.63) is 39.8 Å². The van der Waals surface area contributed by atoms with E-state index in [9.17, 15) is 15.0 Å². The number of rotatable bonds is 1. The van der Waals surface area contributed by atoms with Crippen molar-refractivity contribution < 1.29 is 15.0 Å². The van der Waals surface area contributed by atoms with E-state index >= 15 is 0 Å². The molecule has 0 spiro atoms. The SMILES string of the molecule is O=C1N[C@H](c2cccc(O)c2O)Nc2sc3c(c21)CCC3. The average Bonchev–Trinajstić information content (AvgIpc) is 3.01. The number of hydrogen-bond acceptors (Lipinski definition) is 5. The van der Waals surface area contributed by atoms with Crippen LogP contribution in [0.15, 0.2) is 18.2 Å². The van der Waals surface area contributed by atoms with Crippen molar-refractivity contribution in [3.63, 3.8) is 0 Å². The Bertz CT molecular complexity index is 754. The van der Waals surface area contributed by atoms with Gasteiger partial charge in [-0.2, -0.15) is 0 Å². The van der Waals surface area contributed by atoms with Gasteiger partial charge in [-0.25, -0.2) is 0 Å². The molecular weight excluding hydrogens is 288 g/mol. The fraction of sp³-hybridized carbons (Fsp3) is 0.267. The number of aromatic hydroxyl groups is 2. The normalized spacial score (nSPS) is 19.6. The summed E-state index contributed by atoms with van der Waals surface area (Å²) in [6.45, 7) is 0. The van der Waals surface area contributed by atoms with E-state index in [0.717, 1.165) is 29.8 Å². The predicted molar refractivity (Wildman–Crippen MR) is 79.9 cm³/mol. The number of phenols is 2. The Balaban J connectivity index is 1.75. The van der Waals surface area contributed by atoms with Crippen molar-refractivity contribution in [3.8, 4) is 11.5 Å². The molecule has 0 unspecified atom stereocenters. The molecule has 1 atom stereocenters. The number of nitrogens with one attached hydrogen (secondary N) is 2. The topological polar surface area (TPSA) is 81.6 Å². The van der Waals surface area contributed by atoms with Gasteiger partial charge in [-0.3, -0.25) is 4.79 Å². The second-order valence-electron chi connectivity index (χ2n) is 5.33. The number of carbonyl (C=O) groups excluding carboxylic acids is 1. The van der Waals surface area contributed by atoms with E-state index in [0.29, 0.717) is 5.56 Å². The Kier molecular flexibility index (Phi) is 2.62. The molecule has 4 N–H and O–H groups in total. The van der Waals surface area contributed by atoms with Crippen LogP contribution in [0.2, 0.25) is 0 Å². The van der Waals surface area contributed by atoms with E-state index < -0.39 is 6.17 Å². The third-order valence-electron chi connectivity index (χ3n) is 4.06. The largest absolute Gasteiger partial charge is 0.504 e. The molecule has 1 aliphatic carbocycles. The maximum Gasteiger partial charge on any atom is 0.256 e. The Morgan fingerprint density at radius 3 is 2.90 bits per heavy atom. The maximum absolute atomic E-state index is 12.4. The van der Waals surface area contributed by atoms with E-state index in [2.05, 4.69) is 10.6 Å². The van der Waals surface area contributed by atoms with E-state index in [1.807, 2.05) is 0 Å². The first-order valence-corrected chi connectivity index (χ1v) is 7.69.